The summed E-state index contributed by atoms with van der Waals surface area (Å²) in [5.41, 5.74) is 6.39. The van der Waals surface area contributed by atoms with Crippen molar-refractivity contribution in [2.75, 3.05) is 19.6 Å². The number of fused-ring (bicyclic) bond motifs is 1. The maximum atomic E-state index is 10.0. The molecule has 1 heterocycles. The van der Waals surface area contributed by atoms with E-state index in [1.165, 1.54) is 38.8 Å². The molecule has 3 aliphatic rings. The Balaban J connectivity index is 1.55. The van der Waals surface area contributed by atoms with Crippen molar-refractivity contribution in [1.29, 1.82) is 0 Å². The van der Waals surface area contributed by atoms with E-state index in [1.54, 1.807) is 0 Å². The third kappa shape index (κ3) is 2.90. The van der Waals surface area contributed by atoms with Gasteiger partial charge in [-0.15, -0.1) is 0 Å². The van der Waals surface area contributed by atoms with Gasteiger partial charge in [0.25, 0.3) is 0 Å². The van der Waals surface area contributed by atoms with E-state index in [0.717, 1.165) is 30.7 Å². The highest BCUT2D eigenvalue weighted by molar-refractivity contribution is 4.95. The Labute approximate surface area is 123 Å². The molecule has 1 aliphatic heterocycles. The largest absolute Gasteiger partial charge is 0.393 e. The number of aliphatic hydroxyl groups excluding tert-OH is 1. The van der Waals surface area contributed by atoms with Gasteiger partial charge in [-0.05, 0) is 55.8 Å². The summed E-state index contributed by atoms with van der Waals surface area (Å²) in [7, 11) is 0. The number of rotatable bonds is 3. The average molecular weight is 280 g/mol. The molecule has 3 N–H and O–H groups in total. The average Bonchev–Trinajstić information content (AvgIpc) is 2.94. The van der Waals surface area contributed by atoms with Crippen LogP contribution in [-0.2, 0) is 0 Å². The number of hydrogen-bond donors (Lipinski definition) is 2. The highest BCUT2D eigenvalue weighted by atomic mass is 16.3. The second kappa shape index (κ2) is 5.94. The zero-order valence-corrected chi connectivity index (χ0v) is 13.2. The summed E-state index contributed by atoms with van der Waals surface area (Å²) in [6.07, 6.45) is 6.06. The fourth-order valence-electron chi connectivity index (χ4n) is 4.95. The van der Waals surface area contributed by atoms with Gasteiger partial charge in [-0.2, -0.15) is 0 Å². The first-order chi connectivity index (χ1) is 9.54. The van der Waals surface area contributed by atoms with Gasteiger partial charge >= 0.3 is 0 Å². The summed E-state index contributed by atoms with van der Waals surface area (Å²) in [6.45, 7) is 8.20. The van der Waals surface area contributed by atoms with Crippen molar-refractivity contribution in [1.82, 2.24) is 4.90 Å². The van der Waals surface area contributed by atoms with Crippen molar-refractivity contribution >= 4 is 0 Å². The van der Waals surface area contributed by atoms with Crippen LogP contribution in [0.5, 0.6) is 0 Å². The van der Waals surface area contributed by atoms with Crippen molar-refractivity contribution in [3.05, 3.63) is 0 Å². The second-order valence-electron chi connectivity index (χ2n) is 8.03. The molecule has 2 saturated carbocycles. The topological polar surface area (TPSA) is 49.5 Å². The van der Waals surface area contributed by atoms with Crippen molar-refractivity contribution in [3.8, 4) is 0 Å². The first-order valence-corrected chi connectivity index (χ1v) is 8.70. The van der Waals surface area contributed by atoms with Gasteiger partial charge in [-0.25, -0.2) is 0 Å². The molecule has 6 atom stereocenters. The first kappa shape index (κ1) is 14.8. The summed E-state index contributed by atoms with van der Waals surface area (Å²) in [5.74, 6) is 3.64. The molecule has 20 heavy (non-hydrogen) atoms. The molecule has 116 valence electrons. The van der Waals surface area contributed by atoms with Crippen LogP contribution in [-0.4, -0.2) is 41.8 Å². The van der Waals surface area contributed by atoms with Gasteiger partial charge in [-0.1, -0.05) is 13.8 Å². The van der Waals surface area contributed by atoms with Crippen LogP contribution in [0, 0.1) is 29.6 Å². The van der Waals surface area contributed by atoms with Gasteiger partial charge in [-0.3, -0.25) is 0 Å². The molecule has 0 bridgehead atoms. The van der Waals surface area contributed by atoms with Crippen LogP contribution in [0.15, 0.2) is 0 Å². The van der Waals surface area contributed by atoms with E-state index < -0.39 is 0 Å². The van der Waals surface area contributed by atoms with E-state index in [0.29, 0.717) is 17.9 Å². The van der Waals surface area contributed by atoms with Crippen LogP contribution >= 0.6 is 0 Å². The quantitative estimate of drug-likeness (QED) is 0.832. The molecule has 0 amide bonds. The fraction of sp³-hybridized carbons (Fsp3) is 1.00. The fourth-order valence-corrected chi connectivity index (χ4v) is 4.95. The number of hydrogen-bond acceptors (Lipinski definition) is 3. The molecule has 1 saturated heterocycles. The third-order valence-electron chi connectivity index (χ3n) is 6.41. The summed E-state index contributed by atoms with van der Waals surface area (Å²) in [6, 6.07) is 0.398. The minimum atomic E-state index is -0.0339. The zero-order valence-electron chi connectivity index (χ0n) is 13.2. The second-order valence-corrected chi connectivity index (χ2v) is 8.03. The summed E-state index contributed by atoms with van der Waals surface area (Å²) in [4.78, 5) is 2.60. The van der Waals surface area contributed by atoms with Crippen LogP contribution < -0.4 is 5.73 Å². The Morgan fingerprint density at radius 3 is 2.65 bits per heavy atom. The molecule has 3 heteroatoms. The molecule has 3 rings (SSSR count). The standard InChI is InChI=1S/C17H32N2O/c1-11(2)12-3-5-16(18)14(7-12)9-19-8-13-4-6-17(20)15(13)10-19/h11-17,20H,3-10,18H2,1-2H3. The predicted molar refractivity (Wildman–Crippen MR) is 82.3 cm³/mol. The van der Waals surface area contributed by atoms with Crippen molar-refractivity contribution in [2.24, 2.45) is 35.3 Å². The molecule has 0 spiro atoms. The Hall–Kier alpha value is -0.120. The first-order valence-electron chi connectivity index (χ1n) is 8.70. The van der Waals surface area contributed by atoms with E-state index in [4.69, 9.17) is 5.73 Å². The van der Waals surface area contributed by atoms with E-state index in [9.17, 15) is 5.11 Å². The van der Waals surface area contributed by atoms with Crippen LogP contribution in [0.25, 0.3) is 0 Å². The number of aliphatic hydroxyl groups is 1. The summed E-state index contributed by atoms with van der Waals surface area (Å²) in [5, 5.41) is 10.0. The summed E-state index contributed by atoms with van der Waals surface area (Å²) >= 11 is 0. The normalized spacial score (nSPS) is 46.0. The predicted octanol–water partition coefficient (Wildman–Crippen LogP) is 2.09. The van der Waals surface area contributed by atoms with Crippen LogP contribution in [0.3, 0.4) is 0 Å². The molecule has 3 fully saturated rings. The molecule has 6 unspecified atom stereocenters. The molecule has 0 radical (unpaired) electrons. The van der Waals surface area contributed by atoms with Gasteiger partial charge in [0.2, 0.25) is 0 Å². The van der Waals surface area contributed by atoms with Crippen LogP contribution in [0.4, 0.5) is 0 Å². The monoisotopic (exact) mass is 280 g/mol. The Kier molecular flexibility index (Phi) is 4.40. The maximum Gasteiger partial charge on any atom is 0.0583 e. The highest BCUT2D eigenvalue weighted by Gasteiger charge is 2.42. The van der Waals surface area contributed by atoms with Crippen LogP contribution in [0.2, 0.25) is 0 Å². The SMILES string of the molecule is CC(C)C1CCC(N)C(CN2CC3CCC(O)C3C2)C1. The van der Waals surface area contributed by atoms with E-state index in [1.807, 2.05) is 0 Å². The molecule has 2 aliphatic carbocycles. The van der Waals surface area contributed by atoms with Gasteiger partial charge < -0.3 is 15.7 Å². The van der Waals surface area contributed by atoms with Gasteiger partial charge in [0.1, 0.15) is 0 Å². The zero-order chi connectivity index (χ0) is 14.3. The minimum absolute atomic E-state index is 0.0339. The number of nitrogens with two attached hydrogens (primary N) is 1. The smallest absolute Gasteiger partial charge is 0.0583 e. The third-order valence-corrected chi connectivity index (χ3v) is 6.41. The van der Waals surface area contributed by atoms with E-state index in [2.05, 4.69) is 18.7 Å². The van der Waals surface area contributed by atoms with Gasteiger partial charge in [0, 0.05) is 31.6 Å². The molecule has 0 aromatic carbocycles. The van der Waals surface area contributed by atoms with Crippen molar-refractivity contribution in [3.63, 3.8) is 0 Å². The van der Waals surface area contributed by atoms with Crippen molar-refractivity contribution in [2.45, 2.75) is 58.1 Å². The minimum Gasteiger partial charge on any atom is -0.393 e. The highest BCUT2D eigenvalue weighted by Crippen LogP contribution is 2.40. The molecule has 0 aromatic rings. The van der Waals surface area contributed by atoms with Crippen molar-refractivity contribution < 1.29 is 5.11 Å². The Morgan fingerprint density at radius 1 is 1.15 bits per heavy atom. The van der Waals surface area contributed by atoms with E-state index in [-0.39, 0.29) is 6.10 Å². The molecular formula is C17H32N2O. The van der Waals surface area contributed by atoms with Gasteiger partial charge in [0.15, 0.2) is 0 Å². The lowest BCUT2D eigenvalue weighted by Gasteiger charge is -2.38. The summed E-state index contributed by atoms with van der Waals surface area (Å²) < 4.78 is 0. The lowest BCUT2D eigenvalue weighted by Crippen LogP contribution is -2.43. The number of likely N-dealkylation sites (tertiary alicyclic amines) is 1. The number of nitrogens with zero attached hydrogens (tertiary/aromatic N) is 1. The lowest BCUT2D eigenvalue weighted by atomic mass is 9.74. The maximum absolute atomic E-state index is 10.0. The van der Waals surface area contributed by atoms with Gasteiger partial charge in [0.05, 0.1) is 6.10 Å². The molecular weight excluding hydrogens is 248 g/mol. The Morgan fingerprint density at radius 2 is 1.95 bits per heavy atom. The van der Waals surface area contributed by atoms with E-state index >= 15 is 0 Å². The molecule has 3 nitrogen and oxygen atoms in total. The lowest BCUT2D eigenvalue weighted by molar-refractivity contribution is 0.112. The van der Waals surface area contributed by atoms with Crippen LogP contribution in [0.1, 0.15) is 46.0 Å². The molecule has 0 aromatic heterocycles. The Bertz CT molecular complexity index is 333.